The van der Waals surface area contributed by atoms with Crippen molar-refractivity contribution in [2.45, 2.75) is 394 Å². The molecule has 0 spiro atoms. The van der Waals surface area contributed by atoms with Gasteiger partial charge >= 0.3 is 39.5 Å². The normalized spacial score (nSPS) is 14.7. The molecule has 3 N–H and O–H groups in total. The Morgan fingerprint density at radius 3 is 0.772 bits per heavy atom. The van der Waals surface area contributed by atoms with Crippen molar-refractivity contribution in [3.05, 3.63) is 0 Å². The molecule has 7 atom stereocenters. The van der Waals surface area contributed by atoms with E-state index in [0.29, 0.717) is 25.7 Å². The highest BCUT2D eigenvalue weighted by Gasteiger charge is 2.30. The molecule has 0 aliphatic heterocycles. The van der Waals surface area contributed by atoms with E-state index >= 15 is 0 Å². The fourth-order valence-corrected chi connectivity index (χ4v) is 12.6. The molecule has 19 heteroatoms. The second kappa shape index (κ2) is 65.0. The minimum atomic E-state index is -4.95. The van der Waals surface area contributed by atoms with Crippen molar-refractivity contribution in [2.24, 2.45) is 11.8 Å². The average molecular weight is 1350 g/mol. The number of aliphatic hydroxyl groups is 1. The summed E-state index contributed by atoms with van der Waals surface area (Å²) in [6, 6.07) is 0. The van der Waals surface area contributed by atoms with Gasteiger partial charge in [-0.05, 0) is 37.5 Å². The maximum atomic E-state index is 13.1. The number of esters is 4. The van der Waals surface area contributed by atoms with Gasteiger partial charge in [-0.3, -0.25) is 37.3 Å². The van der Waals surface area contributed by atoms with Crippen LogP contribution in [0.5, 0.6) is 0 Å². The van der Waals surface area contributed by atoms with Gasteiger partial charge in [0.15, 0.2) is 12.2 Å². The fourth-order valence-electron chi connectivity index (χ4n) is 11.1. The first-order valence-electron chi connectivity index (χ1n) is 38.1. The highest BCUT2D eigenvalue weighted by molar-refractivity contribution is 7.47. The molecule has 0 aromatic carbocycles. The van der Waals surface area contributed by atoms with Crippen LogP contribution in [-0.2, 0) is 65.4 Å². The Hall–Kier alpha value is -1.94. The number of carbonyl (C=O) groups is 4. The molecule has 0 aromatic rings. The number of ether oxygens (including phenoxy) is 4. The lowest BCUT2D eigenvalue weighted by molar-refractivity contribution is -0.161. The van der Waals surface area contributed by atoms with Gasteiger partial charge < -0.3 is 33.8 Å². The summed E-state index contributed by atoms with van der Waals surface area (Å²) in [5, 5.41) is 10.6. The Balaban J connectivity index is 5.27. The van der Waals surface area contributed by atoms with Gasteiger partial charge in [0.05, 0.1) is 26.4 Å². The average Bonchev–Trinajstić information content (AvgIpc) is 1.66. The van der Waals surface area contributed by atoms with E-state index in [9.17, 15) is 43.2 Å². The Morgan fingerprint density at radius 1 is 0.304 bits per heavy atom. The molecular formula is C73H142O17P2. The number of hydrogen-bond donors (Lipinski definition) is 3. The minimum absolute atomic E-state index is 0.106. The molecule has 546 valence electrons. The van der Waals surface area contributed by atoms with Crippen LogP contribution in [0.2, 0.25) is 0 Å². The lowest BCUT2D eigenvalue weighted by atomic mass is 9.99. The molecule has 0 aromatic heterocycles. The Labute approximate surface area is 562 Å². The number of unbranched alkanes of at least 4 members (excludes halogenated alkanes) is 40. The topological polar surface area (TPSA) is 237 Å². The van der Waals surface area contributed by atoms with Crippen LogP contribution in [0.1, 0.15) is 375 Å². The molecule has 0 amide bonds. The van der Waals surface area contributed by atoms with Crippen LogP contribution in [0, 0.1) is 11.8 Å². The van der Waals surface area contributed by atoms with Gasteiger partial charge in [-0.1, -0.05) is 324 Å². The Kier molecular flexibility index (Phi) is 63.7. The predicted molar refractivity (Wildman–Crippen MR) is 372 cm³/mol. The van der Waals surface area contributed by atoms with E-state index in [0.717, 1.165) is 102 Å². The summed E-state index contributed by atoms with van der Waals surface area (Å²) in [4.78, 5) is 72.7. The van der Waals surface area contributed by atoms with E-state index in [-0.39, 0.29) is 25.7 Å². The van der Waals surface area contributed by atoms with Crippen LogP contribution in [-0.4, -0.2) is 96.7 Å². The zero-order valence-corrected chi connectivity index (χ0v) is 61.6. The first-order chi connectivity index (χ1) is 44.4. The molecule has 0 radical (unpaired) electrons. The van der Waals surface area contributed by atoms with Crippen molar-refractivity contribution in [1.29, 1.82) is 0 Å². The van der Waals surface area contributed by atoms with Gasteiger partial charge in [-0.2, -0.15) is 0 Å². The van der Waals surface area contributed by atoms with Crippen LogP contribution in [0.15, 0.2) is 0 Å². The van der Waals surface area contributed by atoms with E-state index in [4.69, 9.17) is 37.0 Å². The van der Waals surface area contributed by atoms with Crippen molar-refractivity contribution < 1.29 is 80.2 Å². The zero-order valence-electron chi connectivity index (χ0n) is 59.9. The lowest BCUT2D eigenvalue weighted by Gasteiger charge is -2.21. The van der Waals surface area contributed by atoms with Gasteiger partial charge in [0.2, 0.25) is 0 Å². The van der Waals surface area contributed by atoms with E-state index in [1.807, 2.05) is 0 Å². The standard InChI is InChI=1S/C73H142O17P2/c1-7-11-13-15-17-19-21-22-24-33-39-45-51-57-72(77)89-68(61-83-70(75)55-49-43-37-31-23-20-18-16-14-12-8-2)63-87-91(79,80)85-59-67(74)60-86-92(81,82)88-64-69(90-73(78)58-52-46-40-34-28-26-30-36-42-48-54-66(6)10-4)62-84-71(76)56-50-44-38-32-27-25-29-35-41-47-53-65(5)9-3/h65-69,74H,7-64H2,1-6H3,(H,79,80)(H,81,82)/t65?,66?,67-,68+,69+/m0/s1. The van der Waals surface area contributed by atoms with Crippen molar-refractivity contribution in [2.75, 3.05) is 39.6 Å². The lowest BCUT2D eigenvalue weighted by Crippen LogP contribution is -2.30. The third-order valence-electron chi connectivity index (χ3n) is 17.7. The van der Waals surface area contributed by atoms with E-state index in [2.05, 4.69) is 41.5 Å². The van der Waals surface area contributed by atoms with E-state index < -0.39 is 97.5 Å². The van der Waals surface area contributed by atoms with Gasteiger partial charge in [0.25, 0.3) is 0 Å². The summed E-state index contributed by atoms with van der Waals surface area (Å²) >= 11 is 0. The molecule has 0 bridgehead atoms. The molecule has 17 nitrogen and oxygen atoms in total. The van der Waals surface area contributed by atoms with Crippen LogP contribution in [0.3, 0.4) is 0 Å². The smallest absolute Gasteiger partial charge is 0.462 e. The molecule has 4 unspecified atom stereocenters. The number of phosphoric acid groups is 2. The molecular weight excluding hydrogens is 1210 g/mol. The first kappa shape index (κ1) is 90.1. The number of aliphatic hydroxyl groups excluding tert-OH is 1. The number of rotatable bonds is 72. The number of carbonyl (C=O) groups excluding carboxylic acids is 4. The van der Waals surface area contributed by atoms with Crippen molar-refractivity contribution in [3.63, 3.8) is 0 Å². The molecule has 0 aliphatic rings. The molecule has 0 saturated heterocycles. The summed E-state index contributed by atoms with van der Waals surface area (Å²) in [5.74, 6) is -0.505. The zero-order chi connectivity index (χ0) is 67.9. The second-order valence-corrected chi connectivity index (χ2v) is 29.7. The van der Waals surface area contributed by atoms with E-state index in [1.54, 1.807) is 0 Å². The van der Waals surface area contributed by atoms with Crippen molar-refractivity contribution in [1.82, 2.24) is 0 Å². The molecule has 0 saturated carbocycles. The third kappa shape index (κ3) is 64.1. The van der Waals surface area contributed by atoms with Crippen molar-refractivity contribution >= 4 is 39.5 Å². The van der Waals surface area contributed by atoms with Crippen molar-refractivity contribution in [3.8, 4) is 0 Å². The first-order valence-corrected chi connectivity index (χ1v) is 41.1. The summed E-state index contributed by atoms with van der Waals surface area (Å²) < 4.78 is 68.4. The Morgan fingerprint density at radius 2 is 0.522 bits per heavy atom. The molecule has 92 heavy (non-hydrogen) atoms. The predicted octanol–water partition coefficient (Wildman–Crippen LogP) is 21.2. The number of hydrogen-bond acceptors (Lipinski definition) is 15. The molecule has 0 rings (SSSR count). The molecule has 0 aliphatic carbocycles. The minimum Gasteiger partial charge on any atom is -0.462 e. The largest absolute Gasteiger partial charge is 0.472 e. The molecule has 0 heterocycles. The van der Waals surface area contributed by atoms with Gasteiger partial charge in [0.1, 0.15) is 19.3 Å². The highest BCUT2D eigenvalue weighted by atomic mass is 31.2. The summed E-state index contributed by atoms with van der Waals surface area (Å²) in [7, 11) is -9.91. The maximum absolute atomic E-state index is 13.1. The molecule has 0 fully saturated rings. The maximum Gasteiger partial charge on any atom is 0.472 e. The van der Waals surface area contributed by atoms with E-state index in [1.165, 1.54) is 193 Å². The summed E-state index contributed by atoms with van der Waals surface area (Å²) in [6.45, 7) is 9.63. The summed E-state index contributed by atoms with van der Waals surface area (Å²) in [5.41, 5.74) is 0. The van der Waals surface area contributed by atoms with Crippen LogP contribution in [0.4, 0.5) is 0 Å². The highest BCUT2D eigenvalue weighted by Crippen LogP contribution is 2.45. The van der Waals surface area contributed by atoms with Gasteiger partial charge in [0, 0.05) is 25.7 Å². The quantitative estimate of drug-likeness (QED) is 0.0222. The van der Waals surface area contributed by atoms with Crippen LogP contribution in [0.25, 0.3) is 0 Å². The third-order valence-corrected chi connectivity index (χ3v) is 19.6. The van der Waals surface area contributed by atoms with Gasteiger partial charge in [-0.25, -0.2) is 9.13 Å². The van der Waals surface area contributed by atoms with Crippen LogP contribution >= 0.6 is 15.6 Å². The monoisotopic (exact) mass is 1350 g/mol. The SMILES string of the molecule is CCCCCCCCCCCCCCCC(=O)O[C@H](COC(=O)CCCCCCCCCCCCC)COP(=O)(O)OC[C@H](O)COP(=O)(O)OC[C@@H](COC(=O)CCCCCCCCCCCCC(C)CC)OC(=O)CCCCCCCCCCCCC(C)CC. The number of phosphoric ester groups is 2. The van der Waals surface area contributed by atoms with Crippen LogP contribution < -0.4 is 0 Å². The second-order valence-electron chi connectivity index (χ2n) is 26.8. The fraction of sp³-hybridized carbons (Fsp3) is 0.945. The summed E-state index contributed by atoms with van der Waals surface area (Å²) in [6.07, 6.45) is 51.0. The van der Waals surface area contributed by atoms with Gasteiger partial charge in [-0.15, -0.1) is 0 Å². The Bertz CT molecular complexity index is 1790.